The van der Waals surface area contributed by atoms with E-state index in [0.29, 0.717) is 11.5 Å². The molecule has 0 aromatic heterocycles. The Morgan fingerprint density at radius 1 is 1.29 bits per heavy atom. The van der Waals surface area contributed by atoms with Gasteiger partial charge in [0, 0.05) is 13.2 Å². The maximum absolute atomic E-state index is 5.93. The first-order valence-electron chi connectivity index (χ1n) is 5.74. The maximum atomic E-state index is 5.93. The van der Waals surface area contributed by atoms with E-state index in [1.807, 2.05) is 0 Å². The topological polar surface area (TPSA) is 44.5 Å². The largest absolute Gasteiger partial charge is 0.381 e. The summed E-state index contributed by atoms with van der Waals surface area (Å²) in [6.45, 7) is 3.47. The Hall–Kier alpha value is -0.120. The van der Waals surface area contributed by atoms with Gasteiger partial charge in [-0.05, 0) is 44.1 Å². The second-order valence-corrected chi connectivity index (χ2v) is 4.66. The fourth-order valence-corrected chi connectivity index (χ4v) is 2.09. The molecule has 0 spiro atoms. The standard InChI is InChI=1S/C11H21NO2/c12-6-5-11(3-4-11)9-14-10-1-7-13-8-2-10/h10H,1-9,12H2. The minimum Gasteiger partial charge on any atom is -0.381 e. The van der Waals surface area contributed by atoms with Crippen molar-refractivity contribution in [2.24, 2.45) is 11.1 Å². The van der Waals surface area contributed by atoms with Gasteiger partial charge in [0.1, 0.15) is 0 Å². The van der Waals surface area contributed by atoms with Crippen molar-refractivity contribution in [2.75, 3.05) is 26.4 Å². The van der Waals surface area contributed by atoms with Gasteiger partial charge < -0.3 is 15.2 Å². The summed E-state index contributed by atoms with van der Waals surface area (Å²) in [7, 11) is 0. The van der Waals surface area contributed by atoms with Gasteiger partial charge in [0.2, 0.25) is 0 Å². The lowest BCUT2D eigenvalue weighted by molar-refractivity contribution is -0.0469. The highest BCUT2D eigenvalue weighted by molar-refractivity contribution is 4.93. The van der Waals surface area contributed by atoms with Crippen molar-refractivity contribution in [1.29, 1.82) is 0 Å². The fourth-order valence-electron chi connectivity index (χ4n) is 2.09. The van der Waals surface area contributed by atoms with Gasteiger partial charge in [0.25, 0.3) is 0 Å². The Morgan fingerprint density at radius 2 is 2.00 bits per heavy atom. The minimum atomic E-state index is 0.444. The van der Waals surface area contributed by atoms with Crippen molar-refractivity contribution in [3.63, 3.8) is 0 Å². The molecule has 14 heavy (non-hydrogen) atoms. The van der Waals surface area contributed by atoms with Gasteiger partial charge in [-0.3, -0.25) is 0 Å². The van der Waals surface area contributed by atoms with E-state index in [1.54, 1.807) is 0 Å². The van der Waals surface area contributed by atoms with Crippen LogP contribution in [-0.4, -0.2) is 32.5 Å². The first-order chi connectivity index (χ1) is 6.85. The summed E-state index contributed by atoms with van der Waals surface area (Å²) < 4.78 is 11.2. The zero-order valence-electron chi connectivity index (χ0n) is 8.84. The van der Waals surface area contributed by atoms with E-state index < -0.39 is 0 Å². The summed E-state index contributed by atoms with van der Waals surface area (Å²) in [6.07, 6.45) is 6.34. The van der Waals surface area contributed by atoms with Gasteiger partial charge in [-0.15, -0.1) is 0 Å². The molecule has 0 unspecified atom stereocenters. The van der Waals surface area contributed by atoms with E-state index in [2.05, 4.69) is 0 Å². The molecule has 2 aliphatic rings. The summed E-state index contributed by atoms with van der Waals surface area (Å²) in [5, 5.41) is 0. The van der Waals surface area contributed by atoms with Crippen molar-refractivity contribution >= 4 is 0 Å². The van der Waals surface area contributed by atoms with Gasteiger partial charge in [-0.2, -0.15) is 0 Å². The molecule has 2 N–H and O–H groups in total. The third kappa shape index (κ3) is 2.69. The lowest BCUT2D eigenvalue weighted by Gasteiger charge is -2.25. The molecule has 1 saturated heterocycles. The molecule has 3 nitrogen and oxygen atoms in total. The zero-order chi connectivity index (χ0) is 9.86. The molecule has 82 valence electrons. The van der Waals surface area contributed by atoms with Crippen LogP contribution in [-0.2, 0) is 9.47 Å². The Kier molecular flexibility index (Phi) is 3.42. The zero-order valence-corrected chi connectivity index (χ0v) is 8.84. The highest BCUT2D eigenvalue weighted by atomic mass is 16.5. The van der Waals surface area contributed by atoms with Gasteiger partial charge in [-0.25, -0.2) is 0 Å². The number of hydrogen-bond acceptors (Lipinski definition) is 3. The van der Waals surface area contributed by atoms with Crippen LogP contribution in [0.15, 0.2) is 0 Å². The number of ether oxygens (including phenoxy) is 2. The monoisotopic (exact) mass is 199 g/mol. The second kappa shape index (κ2) is 4.60. The van der Waals surface area contributed by atoms with E-state index in [1.165, 1.54) is 12.8 Å². The Morgan fingerprint density at radius 3 is 2.57 bits per heavy atom. The fraction of sp³-hybridized carbons (Fsp3) is 1.00. The van der Waals surface area contributed by atoms with Crippen LogP contribution >= 0.6 is 0 Å². The molecule has 0 amide bonds. The number of rotatable bonds is 5. The van der Waals surface area contributed by atoms with Crippen molar-refractivity contribution in [1.82, 2.24) is 0 Å². The molecule has 2 rings (SSSR count). The quantitative estimate of drug-likeness (QED) is 0.726. The van der Waals surface area contributed by atoms with Crippen LogP contribution in [0.25, 0.3) is 0 Å². The summed E-state index contributed by atoms with van der Waals surface area (Å²) in [5.41, 5.74) is 6.05. The van der Waals surface area contributed by atoms with Crippen LogP contribution in [0.2, 0.25) is 0 Å². The number of hydrogen-bond donors (Lipinski definition) is 1. The Labute approximate surface area is 85.9 Å². The number of nitrogens with two attached hydrogens (primary N) is 1. The third-order valence-corrected chi connectivity index (χ3v) is 3.43. The van der Waals surface area contributed by atoms with Crippen LogP contribution in [0.3, 0.4) is 0 Å². The normalized spacial score (nSPS) is 26.4. The average Bonchev–Trinajstić information content (AvgIpc) is 2.98. The smallest absolute Gasteiger partial charge is 0.0619 e. The van der Waals surface area contributed by atoms with Crippen LogP contribution in [0.5, 0.6) is 0 Å². The first-order valence-corrected chi connectivity index (χ1v) is 5.74. The molecule has 2 fully saturated rings. The summed E-state index contributed by atoms with van der Waals surface area (Å²) in [4.78, 5) is 0. The SMILES string of the molecule is NCCC1(COC2CCOCC2)CC1. The molecule has 1 saturated carbocycles. The highest BCUT2D eigenvalue weighted by Gasteiger charge is 2.42. The lowest BCUT2D eigenvalue weighted by atomic mass is 10.0. The van der Waals surface area contributed by atoms with E-state index in [0.717, 1.165) is 45.6 Å². The van der Waals surface area contributed by atoms with Gasteiger partial charge >= 0.3 is 0 Å². The molecule has 0 radical (unpaired) electrons. The van der Waals surface area contributed by atoms with Gasteiger partial charge in [0.05, 0.1) is 12.7 Å². The Balaban J connectivity index is 1.65. The molecule has 1 aliphatic carbocycles. The first kappa shape index (κ1) is 10.4. The predicted octanol–water partition coefficient (Wildman–Crippen LogP) is 1.31. The molecule has 3 heteroatoms. The van der Waals surface area contributed by atoms with Crippen LogP contribution in [0, 0.1) is 5.41 Å². The molecular weight excluding hydrogens is 178 g/mol. The average molecular weight is 199 g/mol. The van der Waals surface area contributed by atoms with Crippen molar-refractivity contribution in [3.05, 3.63) is 0 Å². The van der Waals surface area contributed by atoms with Crippen LogP contribution in [0.1, 0.15) is 32.1 Å². The molecule has 0 bridgehead atoms. The summed E-state index contributed by atoms with van der Waals surface area (Å²) >= 11 is 0. The summed E-state index contributed by atoms with van der Waals surface area (Å²) in [6, 6.07) is 0. The van der Waals surface area contributed by atoms with Crippen molar-refractivity contribution in [3.8, 4) is 0 Å². The van der Waals surface area contributed by atoms with Crippen molar-refractivity contribution in [2.45, 2.75) is 38.2 Å². The predicted molar refractivity (Wildman–Crippen MR) is 55.1 cm³/mol. The van der Waals surface area contributed by atoms with Gasteiger partial charge in [-0.1, -0.05) is 0 Å². The van der Waals surface area contributed by atoms with E-state index in [-0.39, 0.29) is 0 Å². The molecule has 1 heterocycles. The highest BCUT2D eigenvalue weighted by Crippen LogP contribution is 2.48. The van der Waals surface area contributed by atoms with E-state index in [4.69, 9.17) is 15.2 Å². The molecule has 0 atom stereocenters. The van der Waals surface area contributed by atoms with Crippen LogP contribution in [0.4, 0.5) is 0 Å². The maximum Gasteiger partial charge on any atom is 0.0619 e. The molecule has 0 aromatic rings. The van der Waals surface area contributed by atoms with Crippen LogP contribution < -0.4 is 5.73 Å². The summed E-state index contributed by atoms with van der Waals surface area (Å²) in [5.74, 6) is 0. The van der Waals surface area contributed by atoms with E-state index >= 15 is 0 Å². The second-order valence-electron chi connectivity index (χ2n) is 4.66. The molecule has 0 aromatic carbocycles. The molecule has 1 aliphatic heterocycles. The Bertz CT molecular complexity index is 174. The lowest BCUT2D eigenvalue weighted by Crippen LogP contribution is -2.27. The van der Waals surface area contributed by atoms with Gasteiger partial charge in [0.15, 0.2) is 0 Å². The molecular formula is C11H21NO2. The van der Waals surface area contributed by atoms with Crippen molar-refractivity contribution < 1.29 is 9.47 Å². The minimum absolute atomic E-state index is 0.444. The van der Waals surface area contributed by atoms with E-state index in [9.17, 15) is 0 Å². The third-order valence-electron chi connectivity index (χ3n) is 3.43.